The molecule has 108 valence electrons. The van der Waals surface area contributed by atoms with E-state index in [-0.39, 0.29) is 0 Å². The molecule has 1 N–H and O–H groups in total. The van der Waals surface area contributed by atoms with Crippen LogP contribution < -0.4 is 5.32 Å². The molecule has 0 amide bonds. The Hall–Kier alpha value is -1.46. The van der Waals surface area contributed by atoms with Gasteiger partial charge in [-0.3, -0.25) is 0 Å². The number of nitrogens with one attached hydrogen (secondary N) is 1. The number of fused-ring (bicyclic) bond motifs is 1. The first-order chi connectivity index (χ1) is 9.75. The van der Waals surface area contributed by atoms with Crippen molar-refractivity contribution in [2.24, 2.45) is 0 Å². The highest BCUT2D eigenvalue weighted by molar-refractivity contribution is 5.71. The molecule has 0 radical (unpaired) electrons. The summed E-state index contributed by atoms with van der Waals surface area (Å²) in [6, 6.07) is 4.27. The minimum Gasteiger partial charge on any atom is -0.370 e. The fourth-order valence-electron chi connectivity index (χ4n) is 2.78. The van der Waals surface area contributed by atoms with Crippen molar-refractivity contribution in [3.8, 4) is 0 Å². The molecule has 3 heterocycles. The molecular formula is C15H22N4O. The lowest BCUT2D eigenvalue weighted by Crippen LogP contribution is -2.32. The van der Waals surface area contributed by atoms with Gasteiger partial charge < -0.3 is 14.6 Å². The lowest BCUT2D eigenvalue weighted by atomic mass is 10.1. The predicted molar refractivity (Wildman–Crippen MR) is 78.6 cm³/mol. The summed E-state index contributed by atoms with van der Waals surface area (Å²) in [4.78, 5) is 9.13. The number of pyridine rings is 1. The maximum atomic E-state index is 6.04. The van der Waals surface area contributed by atoms with Crippen molar-refractivity contribution in [3.05, 3.63) is 24.2 Å². The molecule has 0 unspecified atom stereocenters. The fourth-order valence-corrected chi connectivity index (χ4v) is 2.78. The van der Waals surface area contributed by atoms with Crippen LogP contribution in [-0.4, -0.2) is 33.7 Å². The zero-order valence-corrected chi connectivity index (χ0v) is 12.2. The van der Waals surface area contributed by atoms with E-state index < -0.39 is 0 Å². The maximum Gasteiger partial charge on any atom is 0.160 e. The van der Waals surface area contributed by atoms with Gasteiger partial charge in [0, 0.05) is 12.2 Å². The molecule has 0 aliphatic carbocycles. The van der Waals surface area contributed by atoms with Gasteiger partial charge in [0.15, 0.2) is 5.65 Å². The van der Waals surface area contributed by atoms with Crippen LogP contribution in [0.1, 0.15) is 38.6 Å². The molecule has 3 rings (SSSR count). The standard InChI is InChI=1S/C15H22N4O/c1-11(2)19-14(10-20-12-5-8-16-9-6-12)18-13-4-3-7-17-15(13)19/h3-4,7,11-12,16H,5-6,8-10H2,1-2H3. The van der Waals surface area contributed by atoms with Gasteiger partial charge in [0.25, 0.3) is 0 Å². The number of aromatic nitrogens is 3. The van der Waals surface area contributed by atoms with Crippen molar-refractivity contribution in [2.75, 3.05) is 13.1 Å². The van der Waals surface area contributed by atoms with Gasteiger partial charge in [-0.15, -0.1) is 0 Å². The summed E-state index contributed by atoms with van der Waals surface area (Å²) in [7, 11) is 0. The number of piperidine rings is 1. The lowest BCUT2D eigenvalue weighted by Gasteiger charge is -2.23. The van der Waals surface area contributed by atoms with Crippen LogP contribution in [0.15, 0.2) is 18.3 Å². The van der Waals surface area contributed by atoms with Crippen LogP contribution in [0.3, 0.4) is 0 Å². The van der Waals surface area contributed by atoms with Crippen molar-refractivity contribution < 1.29 is 4.74 Å². The van der Waals surface area contributed by atoms with Gasteiger partial charge in [-0.05, 0) is 51.9 Å². The zero-order chi connectivity index (χ0) is 13.9. The Kier molecular flexibility index (Phi) is 3.98. The fraction of sp³-hybridized carbons (Fsp3) is 0.600. The van der Waals surface area contributed by atoms with E-state index in [0.29, 0.717) is 18.8 Å². The van der Waals surface area contributed by atoms with Gasteiger partial charge in [0.1, 0.15) is 17.9 Å². The predicted octanol–water partition coefficient (Wildman–Crippen LogP) is 2.28. The molecule has 5 nitrogen and oxygen atoms in total. The van der Waals surface area contributed by atoms with Crippen molar-refractivity contribution in [3.63, 3.8) is 0 Å². The zero-order valence-electron chi connectivity index (χ0n) is 12.2. The van der Waals surface area contributed by atoms with E-state index in [0.717, 1.165) is 42.9 Å². The average Bonchev–Trinajstić information content (AvgIpc) is 2.84. The summed E-state index contributed by atoms with van der Waals surface area (Å²) in [6.07, 6.45) is 4.34. The number of imidazole rings is 1. The molecule has 2 aromatic rings. The molecule has 1 fully saturated rings. The molecule has 0 bridgehead atoms. The Morgan fingerprint density at radius 2 is 2.20 bits per heavy atom. The summed E-state index contributed by atoms with van der Waals surface area (Å²) >= 11 is 0. The third-order valence-electron chi connectivity index (χ3n) is 3.77. The third-order valence-corrected chi connectivity index (χ3v) is 3.77. The van der Waals surface area contributed by atoms with E-state index in [1.165, 1.54) is 0 Å². The highest BCUT2D eigenvalue weighted by Gasteiger charge is 2.17. The highest BCUT2D eigenvalue weighted by atomic mass is 16.5. The third kappa shape index (κ3) is 2.69. The quantitative estimate of drug-likeness (QED) is 0.929. The van der Waals surface area contributed by atoms with E-state index in [1.54, 1.807) is 0 Å². The van der Waals surface area contributed by atoms with Crippen molar-refractivity contribution in [2.45, 2.75) is 45.4 Å². The highest BCUT2D eigenvalue weighted by Crippen LogP contribution is 2.20. The Labute approximate surface area is 119 Å². The molecule has 1 saturated heterocycles. The average molecular weight is 274 g/mol. The molecule has 2 aromatic heterocycles. The second-order valence-electron chi connectivity index (χ2n) is 5.60. The van der Waals surface area contributed by atoms with Crippen LogP contribution in [-0.2, 0) is 11.3 Å². The summed E-state index contributed by atoms with van der Waals surface area (Å²) in [6.45, 7) is 6.98. The smallest absolute Gasteiger partial charge is 0.160 e. The first-order valence-electron chi connectivity index (χ1n) is 7.40. The number of rotatable bonds is 4. The first-order valence-corrected chi connectivity index (χ1v) is 7.40. The van der Waals surface area contributed by atoms with Gasteiger partial charge in [-0.1, -0.05) is 0 Å². The van der Waals surface area contributed by atoms with Crippen molar-refractivity contribution >= 4 is 11.2 Å². The van der Waals surface area contributed by atoms with E-state index in [4.69, 9.17) is 4.74 Å². The SMILES string of the molecule is CC(C)n1c(COC2CCNCC2)nc2cccnc21. The minimum absolute atomic E-state index is 0.335. The van der Waals surface area contributed by atoms with Crippen LogP contribution in [0.25, 0.3) is 11.2 Å². The molecule has 0 atom stereocenters. The van der Waals surface area contributed by atoms with Crippen molar-refractivity contribution in [1.82, 2.24) is 19.9 Å². The molecule has 1 aliphatic rings. The van der Waals surface area contributed by atoms with Gasteiger partial charge in [-0.2, -0.15) is 0 Å². The monoisotopic (exact) mass is 274 g/mol. The summed E-state index contributed by atoms with van der Waals surface area (Å²) in [5.74, 6) is 0.979. The van der Waals surface area contributed by atoms with Crippen LogP contribution >= 0.6 is 0 Å². The molecule has 0 aromatic carbocycles. The van der Waals surface area contributed by atoms with E-state index >= 15 is 0 Å². The van der Waals surface area contributed by atoms with Gasteiger partial charge >= 0.3 is 0 Å². The minimum atomic E-state index is 0.335. The molecule has 0 saturated carbocycles. The summed E-state index contributed by atoms with van der Waals surface area (Å²) in [5.41, 5.74) is 1.90. The van der Waals surface area contributed by atoms with Crippen LogP contribution in [0.5, 0.6) is 0 Å². The topological polar surface area (TPSA) is 52.0 Å². The molecule has 0 spiro atoms. The van der Waals surface area contributed by atoms with E-state index in [9.17, 15) is 0 Å². The second-order valence-corrected chi connectivity index (χ2v) is 5.60. The maximum absolute atomic E-state index is 6.04. The van der Waals surface area contributed by atoms with Gasteiger partial charge in [-0.25, -0.2) is 9.97 Å². The van der Waals surface area contributed by atoms with Gasteiger partial charge in [0.2, 0.25) is 0 Å². The number of ether oxygens (including phenoxy) is 1. The van der Waals surface area contributed by atoms with E-state index in [2.05, 4.69) is 33.7 Å². The summed E-state index contributed by atoms with van der Waals surface area (Å²) in [5, 5.41) is 3.35. The Morgan fingerprint density at radius 3 is 2.95 bits per heavy atom. The summed E-state index contributed by atoms with van der Waals surface area (Å²) < 4.78 is 8.22. The number of hydrogen-bond acceptors (Lipinski definition) is 4. The Balaban J connectivity index is 1.81. The largest absolute Gasteiger partial charge is 0.370 e. The second kappa shape index (κ2) is 5.89. The first kappa shape index (κ1) is 13.5. The van der Waals surface area contributed by atoms with Gasteiger partial charge in [0.05, 0.1) is 6.10 Å². The van der Waals surface area contributed by atoms with Crippen LogP contribution in [0.4, 0.5) is 0 Å². The Morgan fingerprint density at radius 1 is 1.40 bits per heavy atom. The molecule has 20 heavy (non-hydrogen) atoms. The van der Waals surface area contributed by atoms with E-state index in [1.807, 2.05) is 18.3 Å². The normalized spacial score (nSPS) is 17.1. The molecule has 5 heteroatoms. The Bertz CT molecular complexity index is 572. The number of nitrogens with zero attached hydrogens (tertiary/aromatic N) is 3. The molecular weight excluding hydrogens is 252 g/mol. The van der Waals surface area contributed by atoms with Crippen LogP contribution in [0.2, 0.25) is 0 Å². The molecule has 1 aliphatic heterocycles. The lowest BCUT2D eigenvalue weighted by molar-refractivity contribution is 0.0163. The van der Waals surface area contributed by atoms with Crippen LogP contribution in [0, 0.1) is 0 Å². The number of hydrogen-bond donors (Lipinski definition) is 1. The van der Waals surface area contributed by atoms with Crippen molar-refractivity contribution in [1.29, 1.82) is 0 Å².